The molecule has 3 atom stereocenters. The van der Waals surface area contributed by atoms with E-state index in [0.717, 1.165) is 32.0 Å². The highest BCUT2D eigenvalue weighted by Gasteiger charge is 2.41. The van der Waals surface area contributed by atoms with Crippen LogP contribution in [0.2, 0.25) is 0 Å². The van der Waals surface area contributed by atoms with E-state index in [2.05, 4.69) is 4.90 Å². The average molecular weight is 291 g/mol. The van der Waals surface area contributed by atoms with Crippen LogP contribution < -0.4 is 5.73 Å². The molecule has 0 aromatic heterocycles. The quantitative estimate of drug-likeness (QED) is 0.800. The number of carbonyl (C=O) groups excluding carboxylic acids is 1. The molecular formula is C14H27ClN2O2. The Labute approximate surface area is 122 Å². The first-order valence-corrected chi connectivity index (χ1v) is 7.00. The van der Waals surface area contributed by atoms with Crippen molar-refractivity contribution in [2.45, 2.75) is 39.2 Å². The van der Waals surface area contributed by atoms with Crippen LogP contribution in [-0.4, -0.2) is 43.7 Å². The molecule has 0 bridgehead atoms. The average Bonchev–Trinajstić information content (AvgIpc) is 2.88. The third kappa shape index (κ3) is 3.61. The van der Waals surface area contributed by atoms with E-state index < -0.39 is 0 Å². The van der Waals surface area contributed by atoms with Crippen LogP contribution >= 0.6 is 12.4 Å². The number of fused-ring (bicyclic) bond motifs is 1. The Morgan fingerprint density at radius 1 is 1.37 bits per heavy atom. The van der Waals surface area contributed by atoms with Gasteiger partial charge in [-0.15, -0.1) is 12.4 Å². The number of esters is 1. The minimum absolute atomic E-state index is 0. The van der Waals surface area contributed by atoms with Crippen LogP contribution in [0.4, 0.5) is 0 Å². The highest BCUT2D eigenvalue weighted by molar-refractivity contribution is 5.85. The lowest BCUT2D eigenvalue weighted by Gasteiger charge is -2.25. The van der Waals surface area contributed by atoms with E-state index in [1.165, 1.54) is 20.0 Å². The van der Waals surface area contributed by atoms with E-state index in [1.54, 1.807) is 0 Å². The second kappa shape index (κ2) is 6.42. The number of rotatable bonds is 4. The van der Waals surface area contributed by atoms with Crippen molar-refractivity contribution in [3.8, 4) is 0 Å². The van der Waals surface area contributed by atoms with Gasteiger partial charge in [-0.05, 0) is 51.5 Å². The fourth-order valence-electron chi connectivity index (χ4n) is 3.40. The first kappa shape index (κ1) is 16.7. The Morgan fingerprint density at radius 3 is 2.63 bits per heavy atom. The van der Waals surface area contributed by atoms with Crippen molar-refractivity contribution in [1.29, 1.82) is 0 Å². The molecule has 112 valence electrons. The van der Waals surface area contributed by atoms with Gasteiger partial charge in [0.1, 0.15) is 0 Å². The molecule has 0 aromatic rings. The fourth-order valence-corrected chi connectivity index (χ4v) is 3.40. The Hall–Kier alpha value is -0.320. The van der Waals surface area contributed by atoms with Gasteiger partial charge >= 0.3 is 5.97 Å². The van der Waals surface area contributed by atoms with E-state index in [1.807, 2.05) is 13.8 Å². The third-order valence-corrected chi connectivity index (χ3v) is 4.78. The van der Waals surface area contributed by atoms with Gasteiger partial charge in [-0.25, -0.2) is 0 Å². The normalized spacial score (nSPS) is 30.8. The smallest absolute Gasteiger partial charge is 0.311 e. The van der Waals surface area contributed by atoms with E-state index in [9.17, 15) is 4.79 Å². The molecule has 2 N–H and O–H groups in total. The molecular weight excluding hydrogens is 264 g/mol. The van der Waals surface area contributed by atoms with Crippen LogP contribution in [0.5, 0.6) is 0 Å². The van der Waals surface area contributed by atoms with Crippen LogP contribution in [-0.2, 0) is 9.53 Å². The monoisotopic (exact) mass is 290 g/mol. The van der Waals surface area contributed by atoms with Gasteiger partial charge in [0.15, 0.2) is 0 Å². The van der Waals surface area contributed by atoms with E-state index >= 15 is 0 Å². The van der Waals surface area contributed by atoms with Gasteiger partial charge in [0, 0.05) is 19.1 Å². The first-order valence-electron chi connectivity index (χ1n) is 7.00. The standard InChI is InChI=1S/C14H26N2O2.ClH/c1-14(2,13(17)18-3)6-7-16-8-10-4-5-12(15)11(10)9-16;/h10-12H,4-9,15H2,1-3H3;1H. The summed E-state index contributed by atoms with van der Waals surface area (Å²) in [4.78, 5) is 14.1. The molecule has 2 fully saturated rings. The van der Waals surface area contributed by atoms with Crippen molar-refractivity contribution in [3.63, 3.8) is 0 Å². The minimum atomic E-state index is -0.380. The van der Waals surface area contributed by atoms with Crippen LogP contribution in [0.3, 0.4) is 0 Å². The van der Waals surface area contributed by atoms with Crippen molar-refractivity contribution < 1.29 is 9.53 Å². The molecule has 2 aliphatic rings. The number of ether oxygens (including phenoxy) is 1. The molecule has 0 aromatic carbocycles. The predicted octanol–water partition coefficient (Wildman–Crippen LogP) is 1.67. The minimum Gasteiger partial charge on any atom is -0.469 e. The summed E-state index contributed by atoms with van der Waals surface area (Å²) in [7, 11) is 1.46. The molecule has 0 radical (unpaired) electrons. The summed E-state index contributed by atoms with van der Waals surface area (Å²) in [6.07, 6.45) is 3.33. The van der Waals surface area contributed by atoms with Gasteiger partial charge in [0.2, 0.25) is 0 Å². The van der Waals surface area contributed by atoms with Crippen LogP contribution in [0.25, 0.3) is 0 Å². The summed E-state index contributed by atoms with van der Waals surface area (Å²) in [5, 5.41) is 0. The number of carbonyl (C=O) groups is 1. The SMILES string of the molecule is COC(=O)C(C)(C)CCN1CC2CCC(N)C2C1.Cl. The Balaban J connectivity index is 0.00000180. The van der Waals surface area contributed by atoms with Gasteiger partial charge < -0.3 is 15.4 Å². The summed E-state index contributed by atoms with van der Waals surface area (Å²) in [5.74, 6) is 1.37. The van der Waals surface area contributed by atoms with Crippen molar-refractivity contribution in [2.75, 3.05) is 26.7 Å². The summed E-state index contributed by atoms with van der Waals surface area (Å²) in [5.41, 5.74) is 5.75. The zero-order valence-electron chi connectivity index (χ0n) is 12.2. The molecule has 4 nitrogen and oxygen atoms in total. The van der Waals surface area contributed by atoms with Crippen LogP contribution in [0.15, 0.2) is 0 Å². The lowest BCUT2D eigenvalue weighted by atomic mass is 9.89. The van der Waals surface area contributed by atoms with Gasteiger partial charge in [-0.2, -0.15) is 0 Å². The Kier molecular flexibility index (Phi) is 5.65. The lowest BCUT2D eigenvalue weighted by molar-refractivity contribution is -0.151. The number of likely N-dealkylation sites (tertiary alicyclic amines) is 1. The number of hydrogen-bond acceptors (Lipinski definition) is 4. The molecule has 1 aliphatic heterocycles. The largest absolute Gasteiger partial charge is 0.469 e. The third-order valence-electron chi connectivity index (χ3n) is 4.78. The van der Waals surface area contributed by atoms with Crippen LogP contribution in [0, 0.1) is 17.3 Å². The van der Waals surface area contributed by atoms with Crippen molar-refractivity contribution in [2.24, 2.45) is 23.0 Å². The molecule has 1 saturated carbocycles. The predicted molar refractivity (Wildman–Crippen MR) is 78.3 cm³/mol. The van der Waals surface area contributed by atoms with Gasteiger partial charge in [-0.1, -0.05) is 0 Å². The number of methoxy groups -OCH3 is 1. The number of nitrogens with two attached hydrogens (primary N) is 1. The van der Waals surface area contributed by atoms with Crippen molar-refractivity contribution in [1.82, 2.24) is 4.90 Å². The summed E-state index contributed by atoms with van der Waals surface area (Å²) in [6.45, 7) is 7.17. The first-order chi connectivity index (χ1) is 8.44. The van der Waals surface area contributed by atoms with Crippen molar-refractivity contribution in [3.05, 3.63) is 0 Å². The molecule has 1 saturated heterocycles. The summed E-state index contributed by atoms with van der Waals surface area (Å²) >= 11 is 0. The van der Waals surface area contributed by atoms with E-state index in [4.69, 9.17) is 10.5 Å². The molecule has 5 heteroatoms. The maximum Gasteiger partial charge on any atom is 0.311 e. The molecule has 1 heterocycles. The fraction of sp³-hybridized carbons (Fsp3) is 0.929. The maximum absolute atomic E-state index is 11.6. The number of hydrogen-bond donors (Lipinski definition) is 1. The van der Waals surface area contributed by atoms with Gasteiger partial charge in [-0.3, -0.25) is 4.79 Å². The Morgan fingerprint density at radius 2 is 2.05 bits per heavy atom. The topological polar surface area (TPSA) is 55.6 Å². The highest BCUT2D eigenvalue weighted by atomic mass is 35.5. The van der Waals surface area contributed by atoms with Gasteiger partial charge in [0.25, 0.3) is 0 Å². The lowest BCUT2D eigenvalue weighted by Crippen LogP contribution is -2.34. The zero-order chi connectivity index (χ0) is 13.3. The number of nitrogens with zero attached hydrogens (tertiary/aromatic N) is 1. The summed E-state index contributed by atoms with van der Waals surface area (Å²) < 4.78 is 4.84. The molecule has 0 spiro atoms. The summed E-state index contributed by atoms with van der Waals surface area (Å²) in [6, 6.07) is 0.397. The molecule has 1 aliphatic carbocycles. The molecule has 0 amide bonds. The van der Waals surface area contributed by atoms with E-state index in [0.29, 0.717) is 12.0 Å². The van der Waals surface area contributed by atoms with Crippen LogP contribution in [0.1, 0.15) is 33.1 Å². The zero-order valence-corrected chi connectivity index (χ0v) is 13.0. The molecule has 19 heavy (non-hydrogen) atoms. The Bertz CT molecular complexity index is 323. The number of halogens is 1. The molecule has 3 unspecified atom stereocenters. The molecule has 2 rings (SSSR count). The van der Waals surface area contributed by atoms with E-state index in [-0.39, 0.29) is 23.8 Å². The second-order valence-electron chi connectivity index (χ2n) is 6.55. The maximum atomic E-state index is 11.6. The van der Waals surface area contributed by atoms with Gasteiger partial charge in [0.05, 0.1) is 12.5 Å². The second-order valence-corrected chi connectivity index (χ2v) is 6.55. The highest BCUT2D eigenvalue weighted by Crippen LogP contribution is 2.37. The van der Waals surface area contributed by atoms with Crippen molar-refractivity contribution >= 4 is 18.4 Å².